The van der Waals surface area contributed by atoms with Crippen LogP contribution < -0.4 is 10.6 Å². The van der Waals surface area contributed by atoms with Crippen LogP contribution in [0.25, 0.3) is 0 Å². The van der Waals surface area contributed by atoms with Crippen LogP contribution in [0.1, 0.15) is 38.1 Å². The van der Waals surface area contributed by atoms with E-state index in [9.17, 15) is 0 Å². The molecule has 0 amide bonds. The zero-order valence-electron chi connectivity index (χ0n) is 12.8. The Kier molecular flexibility index (Phi) is 5.59. The maximum absolute atomic E-state index is 5.42. The second-order valence-electron chi connectivity index (χ2n) is 5.35. The molecule has 0 bridgehead atoms. The first-order valence-electron chi connectivity index (χ1n) is 7.67. The monoisotopic (exact) mass is 278 g/mol. The molecular formula is C15H26N4O. The molecular weight excluding hydrogens is 252 g/mol. The van der Waals surface area contributed by atoms with E-state index in [1.165, 1.54) is 0 Å². The molecule has 1 aromatic rings. The van der Waals surface area contributed by atoms with Gasteiger partial charge in [-0.2, -0.15) is 0 Å². The van der Waals surface area contributed by atoms with Crippen molar-refractivity contribution >= 4 is 11.6 Å². The van der Waals surface area contributed by atoms with E-state index in [2.05, 4.69) is 41.4 Å². The van der Waals surface area contributed by atoms with Crippen LogP contribution in [0, 0.1) is 12.8 Å². The number of aromatic nitrogens is 2. The van der Waals surface area contributed by atoms with Gasteiger partial charge >= 0.3 is 0 Å². The second-order valence-corrected chi connectivity index (χ2v) is 5.35. The Bertz CT molecular complexity index is 430. The van der Waals surface area contributed by atoms with Crippen LogP contribution in [0.2, 0.25) is 0 Å². The molecule has 1 fully saturated rings. The zero-order chi connectivity index (χ0) is 14.4. The maximum Gasteiger partial charge on any atom is 0.134 e. The Hall–Kier alpha value is -1.36. The highest BCUT2D eigenvalue weighted by Crippen LogP contribution is 2.22. The van der Waals surface area contributed by atoms with Gasteiger partial charge in [0.15, 0.2) is 0 Å². The lowest BCUT2D eigenvalue weighted by Crippen LogP contribution is -2.17. The van der Waals surface area contributed by atoms with E-state index in [0.29, 0.717) is 5.92 Å². The molecule has 0 radical (unpaired) electrons. The molecule has 0 aliphatic carbocycles. The first-order valence-corrected chi connectivity index (χ1v) is 7.67. The third kappa shape index (κ3) is 3.82. The van der Waals surface area contributed by atoms with Crippen molar-refractivity contribution < 1.29 is 4.74 Å². The molecule has 20 heavy (non-hydrogen) atoms. The summed E-state index contributed by atoms with van der Waals surface area (Å²) < 4.78 is 5.42. The van der Waals surface area contributed by atoms with E-state index >= 15 is 0 Å². The number of ether oxygens (including phenoxy) is 1. The fourth-order valence-electron chi connectivity index (χ4n) is 2.40. The maximum atomic E-state index is 5.42. The lowest BCUT2D eigenvalue weighted by atomic mass is 10.1. The number of anilines is 2. The number of aryl methyl sites for hydroxylation is 1. The zero-order valence-corrected chi connectivity index (χ0v) is 12.8. The van der Waals surface area contributed by atoms with Gasteiger partial charge in [0.1, 0.15) is 17.5 Å². The number of hydrogen-bond donors (Lipinski definition) is 2. The standard InChI is InChI=1S/C15H26N4O/c1-4-6-13-18-14(16-5-2)11(3)15(19-13)17-9-12-7-8-20-10-12/h12H,4-10H2,1-3H3,(H2,16,17,18,19). The molecule has 0 aromatic carbocycles. The van der Waals surface area contributed by atoms with Crippen molar-refractivity contribution in [2.45, 2.75) is 40.0 Å². The molecule has 2 N–H and O–H groups in total. The van der Waals surface area contributed by atoms with Crippen LogP contribution >= 0.6 is 0 Å². The van der Waals surface area contributed by atoms with Crippen molar-refractivity contribution in [3.8, 4) is 0 Å². The van der Waals surface area contributed by atoms with Crippen molar-refractivity contribution in [2.24, 2.45) is 5.92 Å². The minimum absolute atomic E-state index is 0.599. The van der Waals surface area contributed by atoms with E-state index < -0.39 is 0 Å². The summed E-state index contributed by atoms with van der Waals surface area (Å²) in [6.07, 6.45) is 3.11. The van der Waals surface area contributed by atoms with Crippen LogP contribution in [0.15, 0.2) is 0 Å². The minimum Gasteiger partial charge on any atom is -0.381 e. The van der Waals surface area contributed by atoms with Gasteiger partial charge in [0.25, 0.3) is 0 Å². The van der Waals surface area contributed by atoms with Crippen LogP contribution in [0.3, 0.4) is 0 Å². The predicted molar refractivity (Wildman–Crippen MR) is 82.3 cm³/mol. The summed E-state index contributed by atoms with van der Waals surface area (Å²) in [5, 5.41) is 6.81. The van der Waals surface area contributed by atoms with E-state index in [-0.39, 0.29) is 0 Å². The number of hydrogen-bond acceptors (Lipinski definition) is 5. The van der Waals surface area contributed by atoms with Gasteiger partial charge in [0.2, 0.25) is 0 Å². The molecule has 0 saturated carbocycles. The average Bonchev–Trinajstić information content (AvgIpc) is 2.94. The summed E-state index contributed by atoms with van der Waals surface area (Å²) in [6.45, 7) is 9.86. The summed E-state index contributed by atoms with van der Waals surface area (Å²) >= 11 is 0. The number of nitrogens with zero attached hydrogens (tertiary/aromatic N) is 2. The molecule has 5 nitrogen and oxygen atoms in total. The lowest BCUT2D eigenvalue weighted by Gasteiger charge is -2.16. The summed E-state index contributed by atoms with van der Waals surface area (Å²) in [7, 11) is 0. The van der Waals surface area contributed by atoms with E-state index in [0.717, 1.165) is 68.6 Å². The Morgan fingerprint density at radius 1 is 1.20 bits per heavy atom. The average molecular weight is 278 g/mol. The van der Waals surface area contributed by atoms with Gasteiger partial charge in [-0.3, -0.25) is 0 Å². The van der Waals surface area contributed by atoms with Crippen LogP contribution in [-0.2, 0) is 11.2 Å². The molecule has 1 unspecified atom stereocenters. The van der Waals surface area contributed by atoms with Gasteiger partial charge in [0, 0.05) is 37.6 Å². The van der Waals surface area contributed by atoms with E-state index in [4.69, 9.17) is 4.74 Å². The van der Waals surface area contributed by atoms with Crippen molar-refractivity contribution in [2.75, 3.05) is 36.9 Å². The summed E-state index contributed by atoms with van der Waals surface area (Å²) in [4.78, 5) is 9.27. The van der Waals surface area contributed by atoms with Gasteiger partial charge < -0.3 is 15.4 Å². The highest BCUT2D eigenvalue weighted by atomic mass is 16.5. The molecule has 1 aliphatic heterocycles. The van der Waals surface area contributed by atoms with Crippen LogP contribution in [-0.4, -0.2) is 36.3 Å². The van der Waals surface area contributed by atoms with E-state index in [1.807, 2.05) is 0 Å². The molecule has 2 rings (SSSR count). The van der Waals surface area contributed by atoms with E-state index in [1.54, 1.807) is 0 Å². The van der Waals surface area contributed by atoms with Crippen molar-refractivity contribution in [1.82, 2.24) is 9.97 Å². The first kappa shape index (κ1) is 15.0. The topological polar surface area (TPSA) is 59.1 Å². The lowest BCUT2D eigenvalue weighted by molar-refractivity contribution is 0.187. The highest BCUT2D eigenvalue weighted by molar-refractivity contribution is 5.57. The van der Waals surface area contributed by atoms with Crippen LogP contribution in [0.5, 0.6) is 0 Å². The van der Waals surface area contributed by atoms with Gasteiger partial charge in [0.05, 0.1) is 6.61 Å². The first-order chi connectivity index (χ1) is 9.74. The predicted octanol–water partition coefficient (Wildman–Crippen LogP) is 2.62. The molecule has 112 valence electrons. The normalized spacial score (nSPS) is 18.2. The van der Waals surface area contributed by atoms with Crippen molar-refractivity contribution in [1.29, 1.82) is 0 Å². The quantitative estimate of drug-likeness (QED) is 0.803. The number of nitrogens with one attached hydrogen (secondary N) is 2. The molecule has 2 heterocycles. The second kappa shape index (κ2) is 7.43. The summed E-state index contributed by atoms with van der Waals surface area (Å²) in [6, 6.07) is 0. The summed E-state index contributed by atoms with van der Waals surface area (Å²) in [5.41, 5.74) is 1.10. The fraction of sp³-hybridized carbons (Fsp3) is 0.733. The Morgan fingerprint density at radius 2 is 1.95 bits per heavy atom. The smallest absolute Gasteiger partial charge is 0.134 e. The fourth-order valence-corrected chi connectivity index (χ4v) is 2.40. The molecule has 1 saturated heterocycles. The molecule has 1 aliphatic rings. The minimum atomic E-state index is 0.599. The van der Waals surface area contributed by atoms with Crippen molar-refractivity contribution in [3.05, 3.63) is 11.4 Å². The Balaban J connectivity index is 2.11. The molecule has 0 spiro atoms. The van der Waals surface area contributed by atoms with Gasteiger partial charge in [-0.05, 0) is 26.7 Å². The SMILES string of the molecule is CCCc1nc(NCC)c(C)c(NCC2CCOC2)n1. The van der Waals surface area contributed by atoms with Gasteiger partial charge in [-0.25, -0.2) is 9.97 Å². The third-order valence-electron chi connectivity index (χ3n) is 3.59. The van der Waals surface area contributed by atoms with Crippen LogP contribution in [0.4, 0.5) is 11.6 Å². The highest BCUT2D eigenvalue weighted by Gasteiger charge is 2.17. The molecule has 1 aromatic heterocycles. The Morgan fingerprint density at radius 3 is 2.55 bits per heavy atom. The van der Waals surface area contributed by atoms with Crippen molar-refractivity contribution in [3.63, 3.8) is 0 Å². The molecule has 1 atom stereocenters. The van der Waals surface area contributed by atoms with Gasteiger partial charge in [-0.1, -0.05) is 6.92 Å². The molecule has 5 heteroatoms. The largest absolute Gasteiger partial charge is 0.381 e. The Labute approximate surface area is 121 Å². The van der Waals surface area contributed by atoms with Gasteiger partial charge in [-0.15, -0.1) is 0 Å². The number of rotatable bonds is 7. The third-order valence-corrected chi connectivity index (χ3v) is 3.59. The summed E-state index contributed by atoms with van der Waals surface area (Å²) in [5.74, 6) is 3.43.